The van der Waals surface area contributed by atoms with Crippen molar-refractivity contribution in [3.05, 3.63) is 35.9 Å². The van der Waals surface area contributed by atoms with Gasteiger partial charge in [0.15, 0.2) is 5.96 Å². The standard InChI is InChI=1S/C20H36N4O/c1-5-24(6-2)15-10-11-18(3)23-20(21-4)22-14-16-25-17-19-12-8-7-9-13-19/h7-9,12-13,18H,5-6,10-11,14-17H2,1-4H3,(H2,21,22,23). The summed E-state index contributed by atoms with van der Waals surface area (Å²) in [5.74, 6) is 0.846. The molecule has 1 atom stereocenters. The molecule has 142 valence electrons. The highest BCUT2D eigenvalue weighted by molar-refractivity contribution is 5.79. The Hall–Kier alpha value is -1.59. The molecule has 0 bridgehead atoms. The molecule has 1 aromatic carbocycles. The van der Waals surface area contributed by atoms with Crippen LogP contribution in [0.3, 0.4) is 0 Å². The van der Waals surface area contributed by atoms with Crippen molar-refractivity contribution >= 4 is 5.96 Å². The lowest BCUT2D eigenvalue weighted by Gasteiger charge is -2.21. The number of hydrogen-bond acceptors (Lipinski definition) is 3. The maximum Gasteiger partial charge on any atom is 0.191 e. The van der Waals surface area contributed by atoms with E-state index in [-0.39, 0.29) is 0 Å². The number of ether oxygens (including phenoxy) is 1. The van der Waals surface area contributed by atoms with E-state index >= 15 is 0 Å². The Bertz CT molecular complexity index is 460. The Balaban J connectivity index is 2.12. The monoisotopic (exact) mass is 348 g/mol. The predicted octanol–water partition coefficient (Wildman–Crippen LogP) is 2.88. The first kappa shape index (κ1) is 21.5. The third kappa shape index (κ3) is 10.1. The van der Waals surface area contributed by atoms with Crippen LogP contribution in [0.15, 0.2) is 35.3 Å². The number of aliphatic imine (C=N–C) groups is 1. The highest BCUT2D eigenvalue weighted by atomic mass is 16.5. The van der Waals surface area contributed by atoms with Crippen LogP contribution in [0, 0.1) is 0 Å². The summed E-state index contributed by atoms with van der Waals surface area (Å²) in [6.07, 6.45) is 2.34. The van der Waals surface area contributed by atoms with Gasteiger partial charge >= 0.3 is 0 Å². The van der Waals surface area contributed by atoms with E-state index in [0.717, 1.165) is 32.0 Å². The van der Waals surface area contributed by atoms with Crippen molar-refractivity contribution in [1.29, 1.82) is 0 Å². The van der Waals surface area contributed by atoms with E-state index in [9.17, 15) is 0 Å². The molecular weight excluding hydrogens is 312 g/mol. The minimum atomic E-state index is 0.409. The van der Waals surface area contributed by atoms with Gasteiger partial charge in [0.05, 0.1) is 13.2 Å². The maximum atomic E-state index is 5.68. The van der Waals surface area contributed by atoms with Crippen molar-refractivity contribution < 1.29 is 4.74 Å². The average Bonchev–Trinajstić information content (AvgIpc) is 2.65. The van der Waals surface area contributed by atoms with E-state index in [1.165, 1.54) is 18.5 Å². The van der Waals surface area contributed by atoms with Crippen LogP contribution >= 0.6 is 0 Å². The SMILES string of the molecule is CCN(CC)CCCC(C)NC(=NC)NCCOCc1ccccc1. The Morgan fingerprint density at radius 3 is 2.56 bits per heavy atom. The van der Waals surface area contributed by atoms with Gasteiger partial charge in [0.1, 0.15) is 0 Å². The molecule has 0 fully saturated rings. The normalized spacial score (nSPS) is 13.1. The molecule has 1 unspecified atom stereocenters. The number of nitrogens with one attached hydrogen (secondary N) is 2. The molecular formula is C20H36N4O. The summed E-state index contributed by atoms with van der Waals surface area (Å²) in [6.45, 7) is 12.1. The second kappa shape index (κ2) is 13.7. The van der Waals surface area contributed by atoms with E-state index in [4.69, 9.17) is 4.74 Å². The smallest absolute Gasteiger partial charge is 0.191 e. The zero-order valence-electron chi connectivity index (χ0n) is 16.4. The molecule has 0 spiro atoms. The minimum absolute atomic E-state index is 0.409. The van der Waals surface area contributed by atoms with Crippen molar-refractivity contribution in [3.63, 3.8) is 0 Å². The van der Waals surface area contributed by atoms with Crippen LogP contribution in [0.4, 0.5) is 0 Å². The topological polar surface area (TPSA) is 48.9 Å². The van der Waals surface area contributed by atoms with Crippen LogP contribution in [-0.2, 0) is 11.3 Å². The lowest BCUT2D eigenvalue weighted by molar-refractivity contribution is 0.125. The highest BCUT2D eigenvalue weighted by Crippen LogP contribution is 2.00. The van der Waals surface area contributed by atoms with Gasteiger partial charge in [-0.2, -0.15) is 0 Å². The van der Waals surface area contributed by atoms with Crippen LogP contribution in [0.25, 0.3) is 0 Å². The quantitative estimate of drug-likeness (QED) is 0.346. The van der Waals surface area contributed by atoms with Crippen LogP contribution in [0.5, 0.6) is 0 Å². The average molecular weight is 349 g/mol. The molecule has 0 aliphatic carbocycles. The molecule has 0 radical (unpaired) electrons. The maximum absolute atomic E-state index is 5.68. The molecule has 0 saturated heterocycles. The van der Waals surface area contributed by atoms with Gasteiger partial charge < -0.3 is 20.3 Å². The van der Waals surface area contributed by atoms with Crippen LogP contribution in [0.2, 0.25) is 0 Å². The first-order chi connectivity index (χ1) is 12.2. The Morgan fingerprint density at radius 2 is 1.92 bits per heavy atom. The first-order valence-electron chi connectivity index (χ1n) is 9.50. The molecule has 0 amide bonds. The third-order valence-corrected chi connectivity index (χ3v) is 4.26. The second-order valence-corrected chi connectivity index (χ2v) is 6.25. The molecule has 0 aliphatic heterocycles. The van der Waals surface area contributed by atoms with Crippen molar-refractivity contribution in [2.45, 2.75) is 46.3 Å². The summed E-state index contributed by atoms with van der Waals surface area (Å²) in [6, 6.07) is 10.6. The summed E-state index contributed by atoms with van der Waals surface area (Å²) in [4.78, 5) is 6.75. The molecule has 0 aromatic heterocycles. The van der Waals surface area contributed by atoms with Crippen LogP contribution in [-0.4, -0.2) is 56.7 Å². The molecule has 5 heteroatoms. The fraction of sp³-hybridized carbons (Fsp3) is 0.650. The van der Waals surface area contributed by atoms with E-state index < -0.39 is 0 Å². The summed E-state index contributed by atoms with van der Waals surface area (Å²) >= 11 is 0. The number of hydrogen-bond donors (Lipinski definition) is 2. The zero-order chi connectivity index (χ0) is 18.3. The van der Waals surface area contributed by atoms with E-state index in [1.54, 1.807) is 0 Å². The molecule has 1 aromatic rings. The minimum Gasteiger partial charge on any atom is -0.375 e. The molecule has 0 aliphatic rings. The summed E-state index contributed by atoms with van der Waals surface area (Å²) in [5, 5.41) is 6.76. The van der Waals surface area contributed by atoms with E-state index in [1.807, 2.05) is 25.2 Å². The van der Waals surface area contributed by atoms with Gasteiger partial charge in [-0.25, -0.2) is 0 Å². The zero-order valence-corrected chi connectivity index (χ0v) is 16.4. The molecule has 2 N–H and O–H groups in total. The van der Waals surface area contributed by atoms with Crippen LogP contribution in [0.1, 0.15) is 39.2 Å². The molecule has 0 heterocycles. The number of guanidine groups is 1. The largest absolute Gasteiger partial charge is 0.375 e. The van der Waals surface area contributed by atoms with Gasteiger partial charge in [-0.3, -0.25) is 4.99 Å². The van der Waals surface area contributed by atoms with Crippen molar-refractivity contribution in [3.8, 4) is 0 Å². The van der Waals surface area contributed by atoms with Gasteiger partial charge in [0.25, 0.3) is 0 Å². The number of nitrogens with zero attached hydrogens (tertiary/aromatic N) is 2. The Kier molecular flexibility index (Phi) is 11.7. The lowest BCUT2D eigenvalue weighted by Crippen LogP contribution is -2.43. The molecule has 5 nitrogen and oxygen atoms in total. The van der Waals surface area contributed by atoms with E-state index in [2.05, 4.69) is 53.4 Å². The number of rotatable bonds is 12. The van der Waals surface area contributed by atoms with Gasteiger partial charge in [-0.1, -0.05) is 44.2 Å². The van der Waals surface area contributed by atoms with Gasteiger partial charge in [0, 0.05) is 19.6 Å². The number of benzene rings is 1. The fourth-order valence-corrected chi connectivity index (χ4v) is 2.67. The molecule has 25 heavy (non-hydrogen) atoms. The Morgan fingerprint density at radius 1 is 1.20 bits per heavy atom. The fourth-order valence-electron chi connectivity index (χ4n) is 2.67. The summed E-state index contributed by atoms with van der Waals surface area (Å²) in [5.41, 5.74) is 1.20. The van der Waals surface area contributed by atoms with E-state index in [0.29, 0.717) is 19.3 Å². The highest BCUT2D eigenvalue weighted by Gasteiger charge is 2.06. The first-order valence-corrected chi connectivity index (χ1v) is 9.50. The van der Waals surface area contributed by atoms with Crippen molar-refractivity contribution in [1.82, 2.24) is 15.5 Å². The van der Waals surface area contributed by atoms with Gasteiger partial charge in [-0.15, -0.1) is 0 Å². The Labute approximate surface area is 153 Å². The molecule has 1 rings (SSSR count). The molecule has 0 saturated carbocycles. The second-order valence-electron chi connectivity index (χ2n) is 6.25. The van der Waals surface area contributed by atoms with Crippen LogP contribution < -0.4 is 10.6 Å². The summed E-state index contributed by atoms with van der Waals surface area (Å²) in [7, 11) is 1.81. The van der Waals surface area contributed by atoms with Gasteiger partial charge in [-0.05, 0) is 45.0 Å². The van der Waals surface area contributed by atoms with Crippen molar-refractivity contribution in [2.75, 3.05) is 39.8 Å². The predicted molar refractivity (Wildman–Crippen MR) is 107 cm³/mol. The third-order valence-electron chi connectivity index (χ3n) is 4.26. The van der Waals surface area contributed by atoms with Gasteiger partial charge in [0.2, 0.25) is 0 Å². The summed E-state index contributed by atoms with van der Waals surface area (Å²) < 4.78 is 5.68. The van der Waals surface area contributed by atoms with Crippen molar-refractivity contribution in [2.24, 2.45) is 4.99 Å². The lowest BCUT2D eigenvalue weighted by atomic mass is 10.2.